The highest BCUT2D eigenvalue weighted by Crippen LogP contribution is 2.23. The third-order valence-electron chi connectivity index (χ3n) is 9.25. The lowest BCUT2D eigenvalue weighted by Crippen LogP contribution is -2.11. The summed E-state index contributed by atoms with van der Waals surface area (Å²) in [5.74, 6) is 0. The van der Waals surface area contributed by atoms with Gasteiger partial charge in [-0.15, -0.1) is 22.2 Å². The molecular weight excluding hydrogens is 635 g/mol. The molecular formula is C38H77BrCl2Si. The van der Waals surface area contributed by atoms with E-state index in [-0.39, 0.29) is 0 Å². The predicted octanol–water partition coefficient (Wildman–Crippen LogP) is 16.6. The fourth-order valence-electron chi connectivity index (χ4n) is 6.36. The molecule has 42 heavy (non-hydrogen) atoms. The smallest absolute Gasteiger partial charge is 0.146 e. The molecule has 0 aromatic heterocycles. The molecule has 0 N–H and O–H groups in total. The predicted molar refractivity (Wildman–Crippen MR) is 204 cm³/mol. The summed E-state index contributed by atoms with van der Waals surface area (Å²) >= 11 is 15.9. The molecule has 0 bridgehead atoms. The maximum Gasteiger partial charge on any atom is 0.248 e. The first-order valence-electron chi connectivity index (χ1n) is 19.5. The van der Waals surface area contributed by atoms with Crippen LogP contribution in [0, 0.1) is 0 Å². The van der Waals surface area contributed by atoms with Crippen molar-refractivity contribution < 1.29 is 0 Å². The van der Waals surface area contributed by atoms with Crippen molar-refractivity contribution in [2.75, 3.05) is 5.33 Å². The average molecular weight is 713 g/mol. The Labute approximate surface area is 286 Å². The van der Waals surface area contributed by atoms with Crippen molar-refractivity contribution in [3.05, 3.63) is 0 Å². The Balaban J connectivity index is 3.04. The van der Waals surface area contributed by atoms with Crippen molar-refractivity contribution in [3.63, 3.8) is 0 Å². The molecule has 4 heteroatoms. The molecule has 0 atom stereocenters. The van der Waals surface area contributed by atoms with Crippen molar-refractivity contribution in [3.8, 4) is 0 Å². The maximum absolute atomic E-state index is 6.17. The number of hydrogen-bond acceptors (Lipinski definition) is 0. The third-order valence-corrected chi connectivity index (χ3v) is 12.2. The number of rotatable bonds is 37. The summed E-state index contributed by atoms with van der Waals surface area (Å²) in [7, 11) is 0. The Hall–Kier alpha value is 1.28. The number of hydrogen-bond donors (Lipinski definition) is 0. The number of unbranched alkanes of at least 4 members (excludes halogenated alkanes) is 34. The van der Waals surface area contributed by atoms with Crippen LogP contribution in [-0.4, -0.2) is 12.0 Å². The van der Waals surface area contributed by atoms with Crippen LogP contribution in [0.3, 0.4) is 0 Å². The van der Waals surface area contributed by atoms with E-state index in [2.05, 4.69) is 15.9 Å². The molecule has 0 fully saturated rings. The molecule has 0 aliphatic heterocycles. The first-order valence-corrected chi connectivity index (χ1v) is 25.4. The number of halogens is 3. The van der Waals surface area contributed by atoms with Gasteiger partial charge in [-0.25, -0.2) is 0 Å². The monoisotopic (exact) mass is 710 g/mol. The molecule has 254 valence electrons. The molecule has 0 nitrogen and oxygen atoms in total. The molecule has 0 saturated carbocycles. The molecule has 0 spiro atoms. The van der Waals surface area contributed by atoms with Gasteiger partial charge in [0.25, 0.3) is 0 Å². The summed E-state index contributed by atoms with van der Waals surface area (Å²) in [6, 6.07) is 1.06. The minimum Gasteiger partial charge on any atom is -0.146 e. The second kappa shape index (κ2) is 36.7. The zero-order valence-electron chi connectivity index (χ0n) is 28.8. The zero-order valence-corrected chi connectivity index (χ0v) is 32.9. The highest BCUT2D eigenvalue weighted by atomic mass is 79.9. The minimum absolute atomic E-state index is 1.06. The second-order valence-electron chi connectivity index (χ2n) is 13.9. The quantitative estimate of drug-likeness (QED) is 0.0260. The third kappa shape index (κ3) is 41.3. The van der Waals surface area contributed by atoms with Crippen LogP contribution in [0.15, 0.2) is 0 Å². The largest absolute Gasteiger partial charge is 0.248 e. The summed E-state index contributed by atoms with van der Waals surface area (Å²) < 4.78 is 0. The fraction of sp³-hybridized carbons (Fsp3) is 1.00. The van der Waals surface area contributed by atoms with Crippen LogP contribution in [0.2, 0.25) is 12.6 Å². The molecule has 0 rings (SSSR count). The van der Waals surface area contributed by atoms with E-state index in [1.807, 2.05) is 6.55 Å². The first kappa shape index (κ1) is 43.3. The van der Waals surface area contributed by atoms with E-state index in [1.54, 1.807) is 0 Å². The fourth-order valence-corrected chi connectivity index (χ4v) is 8.43. The molecule has 0 aromatic rings. The van der Waals surface area contributed by atoms with E-state index in [4.69, 9.17) is 22.2 Å². The van der Waals surface area contributed by atoms with E-state index in [0.29, 0.717) is 0 Å². The van der Waals surface area contributed by atoms with Crippen molar-refractivity contribution in [2.24, 2.45) is 0 Å². The summed E-state index contributed by atoms with van der Waals surface area (Å²) in [5.41, 5.74) is 0. The lowest BCUT2D eigenvalue weighted by atomic mass is 10.0. The molecule has 0 aliphatic rings. The van der Waals surface area contributed by atoms with Crippen LogP contribution in [0.25, 0.3) is 0 Å². The lowest BCUT2D eigenvalue weighted by molar-refractivity contribution is 0.511. The second-order valence-corrected chi connectivity index (χ2v) is 22.9. The van der Waals surface area contributed by atoms with Gasteiger partial charge in [-0.05, 0) is 19.0 Å². The Kier molecular flexibility index (Phi) is 37.9. The Morgan fingerprint density at radius 1 is 0.286 bits per heavy atom. The summed E-state index contributed by atoms with van der Waals surface area (Å²) in [6.07, 6.45) is 50.9. The molecule has 0 aliphatic carbocycles. The van der Waals surface area contributed by atoms with Gasteiger partial charge < -0.3 is 0 Å². The van der Waals surface area contributed by atoms with Crippen molar-refractivity contribution >= 4 is 44.8 Å². The van der Waals surface area contributed by atoms with Crippen LogP contribution in [0.1, 0.15) is 225 Å². The summed E-state index contributed by atoms with van der Waals surface area (Å²) in [5, 5.41) is 1.18. The summed E-state index contributed by atoms with van der Waals surface area (Å²) in [4.78, 5) is 0. The Bertz CT molecular complexity index is 482. The van der Waals surface area contributed by atoms with Gasteiger partial charge in [-0.2, -0.15) is 0 Å². The van der Waals surface area contributed by atoms with Gasteiger partial charge in [0.15, 0.2) is 0 Å². The Morgan fingerprint density at radius 2 is 0.429 bits per heavy atom. The van der Waals surface area contributed by atoms with Crippen LogP contribution in [-0.2, 0) is 0 Å². The van der Waals surface area contributed by atoms with E-state index < -0.39 is 6.69 Å². The van der Waals surface area contributed by atoms with Crippen LogP contribution >= 0.6 is 38.1 Å². The SMILES string of the molecule is C[Si](Cl)(Cl)CCCCCCCCCCCCCCCCCCCCCCCCCCCCCCCCCCCCCBr. The van der Waals surface area contributed by atoms with Gasteiger partial charge in [-0.3, -0.25) is 0 Å². The molecule has 0 aromatic carbocycles. The van der Waals surface area contributed by atoms with E-state index in [9.17, 15) is 0 Å². The number of alkyl halides is 1. The van der Waals surface area contributed by atoms with E-state index >= 15 is 0 Å². The molecule has 0 heterocycles. The van der Waals surface area contributed by atoms with Gasteiger partial charge in [0.2, 0.25) is 6.69 Å². The lowest BCUT2D eigenvalue weighted by Gasteiger charge is -2.09. The molecule has 0 amide bonds. The van der Waals surface area contributed by atoms with Crippen molar-refractivity contribution in [1.29, 1.82) is 0 Å². The van der Waals surface area contributed by atoms with Gasteiger partial charge >= 0.3 is 0 Å². The van der Waals surface area contributed by atoms with Gasteiger partial charge in [-0.1, -0.05) is 234 Å². The standard InChI is InChI=1S/C38H77BrCl2Si/c1-42(40,41)38-36-34-32-30-28-26-24-22-20-18-16-14-12-10-8-6-4-2-3-5-7-9-11-13-15-17-19-21-23-25-27-29-31-33-35-37-39/h2-38H2,1H3. The average Bonchev–Trinajstić information content (AvgIpc) is 2.96. The highest BCUT2D eigenvalue weighted by Gasteiger charge is 2.19. The molecule has 0 radical (unpaired) electrons. The van der Waals surface area contributed by atoms with Gasteiger partial charge in [0.1, 0.15) is 0 Å². The van der Waals surface area contributed by atoms with E-state index in [0.717, 1.165) is 6.04 Å². The Morgan fingerprint density at radius 3 is 0.571 bits per heavy atom. The topological polar surface area (TPSA) is 0 Å². The van der Waals surface area contributed by atoms with Crippen molar-refractivity contribution in [1.82, 2.24) is 0 Å². The van der Waals surface area contributed by atoms with Crippen LogP contribution < -0.4 is 0 Å². The van der Waals surface area contributed by atoms with Crippen molar-refractivity contribution in [2.45, 2.75) is 237 Å². The minimum atomic E-state index is -1.84. The van der Waals surface area contributed by atoms with Gasteiger partial charge in [0, 0.05) is 5.33 Å². The van der Waals surface area contributed by atoms with E-state index in [1.165, 1.54) is 230 Å². The maximum atomic E-state index is 6.17. The van der Waals surface area contributed by atoms with Gasteiger partial charge in [0.05, 0.1) is 0 Å². The first-order chi connectivity index (χ1) is 20.6. The highest BCUT2D eigenvalue weighted by molar-refractivity contribution is 9.09. The molecule has 0 unspecified atom stereocenters. The normalized spacial score (nSPS) is 12.0. The van der Waals surface area contributed by atoms with Crippen LogP contribution in [0.5, 0.6) is 0 Å². The molecule has 0 saturated heterocycles. The van der Waals surface area contributed by atoms with Crippen LogP contribution in [0.4, 0.5) is 0 Å². The summed E-state index contributed by atoms with van der Waals surface area (Å²) in [6.45, 7) is 0.201. The zero-order chi connectivity index (χ0) is 30.7.